The standard InChI is InChI=1S/C12H9BrN2O3S/c1-6-5-8(19-9(6)13)11(16)15-10-7(12(17)18)3-2-4-14-10/h2-5H,1H3,(H,17,18)(H,14,15,16). The Labute approximate surface area is 121 Å². The maximum atomic E-state index is 12.0. The van der Waals surface area contributed by atoms with Crippen LogP contribution in [0.5, 0.6) is 0 Å². The Kier molecular flexibility index (Phi) is 3.96. The zero-order valence-electron chi connectivity index (χ0n) is 9.81. The quantitative estimate of drug-likeness (QED) is 0.899. The number of hydrogen-bond donors (Lipinski definition) is 2. The lowest BCUT2D eigenvalue weighted by Gasteiger charge is -2.05. The zero-order valence-corrected chi connectivity index (χ0v) is 12.2. The zero-order chi connectivity index (χ0) is 14.0. The van der Waals surface area contributed by atoms with E-state index in [9.17, 15) is 9.59 Å². The molecule has 7 heteroatoms. The number of anilines is 1. The van der Waals surface area contributed by atoms with Gasteiger partial charge in [-0.25, -0.2) is 9.78 Å². The molecule has 0 aliphatic carbocycles. The summed E-state index contributed by atoms with van der Waals surface area (Å²) in [5.41, 5.74) is 0.915. The molecule has 0 bridgehead atoms. The van der Waals surface area contributed by atoms with Gasteiger partial charge in [0.1, 0.15) is 11.4 Å². The van der Waals surface area contributed by atoms with Crippen molar-refractivity contribution >= 4 is 45.0 Å². The number of carboxylic acids is 1. The third-order valence-electron chi connectivity index (χ3n) is 2.35. The first-order valence-corrected chi connectivity index (χ1v) is 6.85. The molecule has 0 spiro atoms. The number of amides is 1. The number of carbonyl (C=O) groups is 2. The molecular weight excluding hydrogens is 332 g/mol. The highest BCUT2D eigenvalue weighted by molar-refractivity contribution is 9.11. The van der Waals surface area contributed by atoms with Gasteiger partial charge in [0.2, 0.25) is 0 Å². The lowest BCUT2D eigenvalue weighted by molar-refractivity contribution is 0.0697. The fourth-order valence-electron chi connectivity index (χ4n) is 1.42. The first-order chi connectivity index (χ1) is 8.99. The van der Waals surface area contributed by atoms with E-state index in [1.54, 1.807) is 6.07 Å². The van der Waals surface area contributed by atoms with Gasteiger partial charge in [0.15, 0.2) is 0 Å². The number of nitrogens with zero attached hydrogens (tertiary/aromatic N) is 1. The number of aryl methyl sites for hydroxylation is 1. The largest absolute Gasteiger partial charge is 0.478 e. The summed E-state index contributed by atoms with van der Waals surface area (Å²) in [4.78, 5) is 27.4. The third kappa shape index (κ3) is 2.99. The van der Waals surface area contributed by atoms with E-state index in [4.69, 9.17) is 5.11 Å². The van der Waals surface area contributed by atoms with E-state index in [0.717, 1.165) is 9.35 Å². The van der Waals surface area contributed by atoms with Gasteiger partial charge >= 0.3 is 5.97 Å². The summed E-state index contributed by atoms with van der Waals surface area (Å²) in [5, 5.41) is 11.5. The van der Waals surface area contributed by atoms with Crippen LogP contribution in [0.25, 0.3) is 0 Å². The van der Waals surface area contributed by atoms with E-state index in [0.29, 0.717) is 4.88 Å². The number of pyridine rings is 1. The SMILES string of the molecule is Cc1cc(C(=O)Nc2ncccc2C(=O)O)sc1Br. The predicted molar refractivity (Wildman–Crippen MR) is 75.9 cm³/mol. The second-order valence-corrected chi connectivity index (χ2v) is 6.10. The van der Waals surface area contributed by atoms with E-state index in [-0.39, 0.29) is 17.3 Å². The summed E-state index contributed by atoms with van der Waals surface area (Å²) in [7, 11) is 0. The molecule has 0 aliphatic rings. The molecule has 0 radical (unpaired) electrons. The van der Waals surface area contributed by atoms with Gasteiger partial charge in [0, 0.05) is 6.20 Å². The van der Waals surface area contributed by atoms with Crippen LogP contribution >= 0.6 is 27.3 Å². The topological polar surface area (TPSA) is 79.3 Å². The second-order valence-electron chi connectivity index (χ2n) is 3.73. The number of carbonyl (C=O) groups excluding carboxylic acids is 1. The summed E-state index contributed by atoms with van der Waals surface area (Å²) in [6, 6.07) is 4.62. The Hall–Kier alpha value is -1.73. The highest BCUT2D eigenvalue weighted by Crippen LogP contribution is 2.28. The van der Waals surface area contributed by atoms with Crippen molar-refractivity contribution in [1.82, 2.24) is 4.98 Å². The van der Waals surface area contributed by atoms with Crippen molar-refractivity contribution in [2.75, 3.05) is 5.32 Å². The summed E-state index contributed by atoms with van der Waals surface area (Å²) < 4.78 is 0.872. The van der Waals surface area contributed by atoms with Gasteiger partial charge in [-0.1, -0.05) is 0 Å². The first kappa shape index (κ1) is 13.7. The summed E-state index contributed by atoms with van der Waals surface area (Å²) in [6.07, 6.45) is 1.43. The van der Waals surface area contributed by atoms with E-state index in [1.165, 1.54) is 29.7 Å². The Morgan fingerprint density at radius 3 is 2.79 bits per heavy atom. The molecule has 2 heterocycles. The average molecular weight is 341 g/mol. The molecule has 0 saturated carbocycles. The van der Waals surface area contributed by atoms with Gasteiger partial charge in [-0.3, -0.25) is 4.79 Å². The summed E-state index contributed by atoms with van der Waals surface area (Å²) in [6.45, 7) is 1.88. The van der Waals surface area contributed by atoms with Gasteiger partial charge in [0.25, 0.3) is 5.91 Å². The Bertz CT molecular complexity index is 635. The maximum Gasteiger partial charge on any atom is 0.339 e. The molecule has 2 N–H and O–H groups in total. The van der Waals surface area contributed by atoms with Crippen LogP contribution in [0.3, 0.4) is 0 Å². The van der Waals surface area contributed by atoms with Gasteiger partial charge in [-0.15, -0.1) is 11.3 Å². The molecule has 2 aromatic heterocycles. The fraction of sp³-hybridized carbons (Fsp3) is 0.0833. The Balaban J connectivity index is 2.26. The van der Waals surface area contributed by atoms with Crippen LogP contribution in [0.4, 0.5) is 5.82 Å². The van der Waals surface area contributed by atoms with Crippen molar-refractivity contribution in [2.45, 2.75) is 6.92 Å². The van der Waals surface area contributed by atoms with Gasteiger partial charge in [-0.05, 0) is 46.6 Å². The molecular formula is C12H9BrN2O3S. The molecule has 0 atom stereocenters. The first-order valence-electron chi connectivity index (χ1n) is 5.24. The Morgan fingerprint density at radius 1 is 1.47 bits per heavy atom. The minimum Gasteiger partial charge on any atom is -0.478 e. The molecule has 2 aromatic rings. The fourth-order valence-corrected chi connectivity index (χ4v) is 2.85. The summed E-state index contributed by atoms with van der Waals surface area (Å²) >= 11 is 4.62. The monoisotopic (exact) mass is 340 g/mol. The smallest absolute Gasteiger partial charge is 0.339 e. The van der Waals surface area contributed by atoms with Crippen LogP contribution in [-0.2, 0) is 0 Å². The van der Waals surface area contributed by atoms with Gasteiger partial charge in [-0.2, -0.15) is 0 Å². The van der Waals surface area contributed by atoms with E-state index in [2.05, 4.69) is 26.2 Å². The minimum atomic E-state index is -1.13. The number of aromatic carboxylic acids is 1. The molecule has 98 valence electrons. The molecule has 0 fully saturated rings. The summed E-state index contributed by atoms with van der Waals surface area (Å²) in [5.74, 6) is -1.46. The highest BCUT2D eigenvalue weighted by Gasteiger charge is 2.16. The number of aromatic nitrogens is 1. The number of hydrogen-bond acceptors (Lipinski definition) is 4. The van der Waals surface area contributed by atoms with Crippen LogP contribution in [0.15, 0.2) is 28.2 Å². The van der Waals surface area contributed by atoms with Gasteiger partial charge in [0.05, 0.1) is 8.66 Å². The van der Waals surface area contributed by atoms with Gasteiger partial charge < -0.3 is 10.4 Å². The van der Waals surface area contributed by atoms with Crippen molar-refractivity contribution in [1.29, 1.82) is 0 Å². The molecule has 0 unspecified atom stereocenters. The van der Waals surface area contributed by atoms with Crippen LogP contribution in [0.2, 0.25) is 0 Å². The van der Waals surface area contributed by atoms with Crippen LogP contribution in [-0.4, -0.2) is 22.0 Å². The minimum absolute atomic E-state index is 0.0387. The third-order valence-corrected chi connectivity index (χ3v) is 4.49. The second kappa shape index (κ2) is 5.50. The lowest BCUT2D eigenvalue weighted by Crippen LogP contribution is -2.14. The van der Waals surface area contributed by atoms with Crippen molar-refractivity contribution < 1.29 is 14.7 Å². The Morgan fingerprint density at radius 2 is 2.21 bits per heavy atom. The van der Waals surface area contributed by atoms with Crippen LogP contribution in [0.1, 0.15) is 25.6 Å². The molecule has 2 rings (SSSR count). The van der Waals surface area contributed by atoms with Crippen molar-refractivity contribution in [3.8, 4) is 0 Å². The highest BCUT2D eigenvalue weighted by atomic mass is 79.9. The number of thiophene rings is 1. The van der Waals surface area contributed by atoms with E-state index in [1.807, 2.05) is 6.92 Å². The molecule has 0 saturated heterocycles. The lowest BCUT2D eigenvalue weighted by atomic mass is 10.2. The normalized spacial score (nSPS) is 10.2. The molecule has 19 heavy (non-hydrogen) atoms. The van der Waals surface area contributed by atoms with E-state index >= 15 is 0 Å². The predicted octanol–water partition coefficient (Wildman–Crippen LogP) is 3.16. The molecule has 5 nitrogen and oxygen atoms in total. The van der Waals surface area contributed by atoms with Crippen LogP contribution in [0, 0.1) is 6.92 Å². The van der Waals surface area contributed by atoms with E-state index < -0.39 is 5.97 Å². The van der Waals surface area contributed by atoms with Crippen molar-refractivity contribution in [3.63, 3.8) is 0 Å². The average Bonchev–Trinajstić information content (AvgIpc) is 2.70. The number of nitrogens with one attached hydrogen (secondary N) is 1. The molecule has 0 aromatic carbocycles. The van der Waals surface area contributed by atoms with Crippen LogP contribution < -0.4 is 5.32 Å². The van der Waals surface area contributed by atoms with Crippen molar-refractivity contribution in [3.05, 3.63) is 44.2 Å². The number of halogens is 1. The molecule has 0 aliphatic heterocycles. The maximum absolute atomic E-state index is 12.0. The number of carboxylic acid groups (broad SMARTS) is 1. The van der Waals surface area contributed by atoms with Crippen molar-refractivity contribution in [2.24, 2.45) is 0 Å². The molecule has 1 amide bonds. The number of rotatable bonds is 3.